The first-order valence-corrected chi connectivity index (χ1v) is 7.77. The summed E-state index contributed by atoms with van der Waals surface area (Å²) in [5.74, 6) is 0.801. The summed E-state index contributed by atoms with van der Waals surface area (Å²) in [5.41, 5.74) is 1.87. The van der Waals surface area contributed by atoms with Crippen molar-refractivity contribution >= 4 is 17.2 Å². The zero-order chi connectivity index (χ0) is 14.8. The van der Waals surface area contributed by atoms with Crippen LogP contribution in [-0.2, 0) is 4.74 Å². The number of hydrogen-bond acceptors (Lipinski definition) is 5. The minimum Gasteiger partial charge on any atom is -0.368 e. The highest BCUT2D eigenvalue weighted by atomic mass is 32.1. The fourth-order valence-corrected chi connectivity index (χ4v) is 3.29. The third-order valence-corrected chi connectivity index (χ3v) is 4.54. The molecule has 2 aromatic heterocycles. The zero-order valence-electron chi connectivity index (χ0n) is 12.1. The molecule has 0 aliphatic carbocycles. The minimum atomic E-state index is -0.176. The van der Waals surface area contributed by atoms with Gasteiger partial charge in [0.1, 0.15) is 11.9 Å². The van der Waals surface area contributed by atoms with Gasteiger partial charge in [0.15, 0.2) is 0 Å². The molecule has 5 nitrogen and oxygen atoms in total. The fourth-order valence-electron chi connectivity index (χ4n) is 2.40. The van der Waals surface area contributed by atoms with Gasteiger partial charge in [0.05, 0.1) is 23.7 Å². The summed E-state index contributed by atoms with van der Waals surface area (Å²) >= 11 is 1.49. The molecule has 110 valence electrons. The van der Waals surface area contributed by atoms with Gasteiger partial charge in [-0.3, -0.25) is 4.79 Å². The van der Waals surface area contributed by atoms with Crippen molar-refractivity contribution < 1.29 is 9.53 Å². The van der Waals surface area contributed by atoms with Gasteiger partial charge in [-0.05, 0) is 36.9 Å². The van der Waals surface area contributed by atoms with Crippen LogP contribution in [0.25, 0.3) is 0 Å². The Hall–Kier alpha value is -1.79. The van der Waals surface area contributed by atoms with Crippen LogP contribution in [0, 0.1) is 13.8 Å². The van der Waals surface area contributed by atoms with E-state index in [0.717, 1.165) is 16.1 Å². The van der Waals surface area contributed by atoms with E-state index < -0.39 is 0 Å². The van der Waals surface area contributed by atoms with Crippen LogP contribution in [0.2, 0.25) is 0 Å². The number of hydrogen-bond donors (Lipinski definition) is 0. The minimum absolute atomic E-state index is 0.0848. The number of thiophene rings is 1. The van der Waals surface area contributed by atoms with E-state index in [1.807, 2.05) is 36.3 Å². The van der Waals surface area contributed by atoms with Crippen LogP contribution in [0.1, 0.15) is 32.9 Å². The molecule has 1 fully saturated rings. The Balaban J connectivity index is 1.77. The zero-order valence-corrected chi connectivity index (χ0v) is 12.9. The number of carbonyl (C=O) groups is 1. The molecule has 6 heteroatoms. The van der Waals surface area contributed by atoms with E-state index in [4.69, 9.17) is 4.74 Å². The van der Waals surface area contributed by atoms with Gasteiger partial charge in [0.25, 0.3) is 5.91 Å². The first kappa shape index (κ1) is 14.2. The number of aromatic nitrogens is 2. The summed E-state index contributed by atoms with van der Waals surface area (Å²) < 4.78 is 5.77. The van der Waals surface area contributed by atoms with E-state index in [2.05, 4.69) is 9.97 Å². The van der Waals surface area contributed by atoms with Crippen molar-refractivity contribution in [2.24, 2.45) is 0 Å². The van der Waals surface area contributed by atoms with Gasteiger partial charge < -0.3 is 9.64 Å². The van der Waals surface area contributed by atoms with Crippen LogP contribution in [-0.4, -0.2) is 40.5 Å². The lowest BCUT2D eigenvalue weighted by Crippen LogP contribution is -2.42. The number of morpholine rings is 1. The lowest BCUT2D eigenvalue weighted by atomic mass is 10.2. The summed E-state index contributed by atoms with van der Waals surface area (Å²) in [4.78, 5) is 23.7. The molecule has 0 bridgehead atoms. The van der Waals surface area contributed by atoms with Crippen LogP contribution in [0.3, 0.4) is 0 Å². The molecule has 2 aromatic rings. The molecule has 0 radical (unpaired) electrons. The van der Waals surface area contributed by atoms with Crippen molar-refractivity contribution in [1.82, 2.24) is 14.9 Å². The molecule has 1 amide bonds. The highest BCUT2D eigenvalue weighted by molar-refractivity contribution is 7.12. The van der Waals surface area contributed by atoms with Gasteiger partial charge in [-0.15, -0.1) is 11.3 Å². The smallest absolute Gasteiger partial charge is 0.264 e. The van der Waals surface area contributed by atoms with E-state index >= 15 is 0 Å². The largest absolute Gasteiger partial charge is 0.368 e. The van der Waals surface area contributed by atoms with Crippen molar-refractivity contribution in [1.29, 1.82) is 0 Å². The van der Waals surface area contributed by atoms with Crippen molar-refractivity contribution in [2.75, 3.05) is 19.7 Å². The summed E-state index contributed by atoms with van der Waals surface area (Å²) in [6, 6.07) is 3.83. The molecule has 3 rings (SSSR count). The molecule has 1 aliphatic rings. The molecule has 3 heterocycles. The van der Waals surface area contributed by atoms with E-state index in [-0.39, 0.29) is 12.0 Å². The quantitative estimate of drug-likeness (QED) is 0.854. The number of carbonyl (C=O) groups excluding carboxylic acids is 1. The molecule has 21 heavy (non-hydrogen) atoms. The van der Waals surface area contributed by atoms with Gasteiger partial charge in [0, 0.05) is 12.7 Å². The molecule has 1 saturated heterocycles. The average Bonchev–Trinajstić information content (AvgIpc) is 2.93. The number of amides is 1. The van der Waals surface area contributed by atoms with E-state index in [1.165, 1.54) is 11.3 Å². The molecule has 0 aromatic carbocycles. The van der Waals surface area contributed by atoms with E-state index in [1.54, 1.807) is 6.20 Å². The second kappa shape index (κ2) is 5.91. The Morgan fingerprint density at radius 3 is 3.00 bits per heavy atom. The number of ether oxygens (including phenoxy) is 1. The Kier molecular flexibility index (Phi) is 3.98. The maximum Gasteiger partial charge on any atom is 0.264 e. The van der Waals surface area contributed by atoms with Crippen LogP contribution < -0.4 is 0 Å². The Labute approximate surface area is 127 Å². The first-order valence-electron chi connectivity index (χ1n) is 6.89. The van der Waals surface area contributed by atoms with Gasteiger partial charge in [-0.2, -0.15) is 0 Å². The van der Waals surface area contributed by atoms with Crippen LogP contribution >= 0.6 is 11.3 Å². The lowest BCUT2D eigenvalue weighted by molar-refractivity contribution is -0.0247. The molecule has 0 saturated carbocycles. The van der Waals surface area contributed by atoms with Crippen LogP contribution in [0.4, 0.5) is 0 Å². The van der Waals surface area contributed by atoms with E-state index in [9.17, 15) is 4.79 Å². The topological polar surface area (TPSA) is 55.3 Å². The molecule has 0 N–H and O–H groups in total. The Bertz CT molecular complexity index is 656. The summed E-state index contributed by atoms with van der Waals surface area (Å²) in [6.07, 6.45) is 1.55. The van der Waals surface area contributed by atoms with Crippen LogP contribution in [0.15, 0.2) is 23.7 Å². The molecular formula is C15H17N3O2S. The molecular weight excluding hydrogens is 286 g/mol. The van der Waals surface area contributed by atoms with Crippen molar-refractivity contribution in [3.05, 3.63) is 45.7 Å². The second-order valence-corrected chi connectivity index (χ2v) is 5.99. The highest BCUT2D eigenvalue weighted by Crippen LogP contribution is 2.24. The van der Waals surface area contributed by atoms with Gasteiger partial charge in [0.2, 0.25) is 0 Å². The van der Waals surface area contributed by atoms with E-state index in [0.29, 0.717) is 25.5 Å². The van der Waals surface area contributed by atoms with Gasteiger partial charge >= 0.3 is 0 Å². The average molecular weight is 303 g/mol. The predicted octanol–water partition coefficient (Wildman–Crippen LogP) is 2.37. The monoisotopic (exact) mass is 303 g/mol. The van der Waals surface area contributed by atoms with Crippen molar-refractivity contribution in [2.45, 2.75) is 20.0 Å². The highest BCUT2D eigenvalue weighted by Gasteiger charge is 2.28. The second-order valence-electron chi connectivity index (χ2n) is 5.07. The summed E-state index contributed by atoms with van der Waals surface area (Å²) in [7, 11) is 0. The van der Waals surface area contributed by atoms with Crippen molar-refractivity contribution in [3.63, 3.8) is 0 Å². The lowest BCUT2D eigenvalue weighted by Gasteiger charge is -2.32. The Morgan fingerprint density at radius 1 is 1.43 bits per heavy atom. The Morgan fingerprint density at radius 2 is 2.29 bits per heavy atom. The summed E-state index contributed by atoms with van der Waals surface area (Å²) in [5, 5.41) is 1.95. The maximum atomic E-state index is 12.6. The first-order chi connectivity index (χ1) is 10.1. The third-order valence-electron chi connectivity index (χ3n) is 3.54. The van der Waals surface area contributed by atoms with Gasteiger partial charge in [-0.25, -0.2) is 9.97 Å². The number of aryl methyl sites for hydroxylation is 2. The SMILES string of the molecule is Cc1nccc(C2CN(C(=O)c3sccc3C)CCO2)n1. The molecule has 0 spiro atoms. The predicted molar refractivity (Wildman–Crippen MR) is 80.4 cm³/mol. The summed E-state index contributed by atoms with van der Waals surface area (Å²) in [6.45, 7) is 5.51. The normalized spacial score (nSPS) is 18.8. The molecule has 1 unspecified atom stereocenters. The van der Waals surface area contributed by atoms with Gasteiger partial charge in [-0.1, -0.05) is 0 Å². The standard InChI is InChI=1S/C15H17N3O2S/c1-10-4-8-21-14(10)15(19)18-6-7-20-13(9-18)12-3-5-16-11(2)17-12/h3-5,8,13H,6-7,9H2,1-2H3. The number of rotatable bonds is 2. The number of nitrogens with zero attached hydrogens (tertiary/aromatic N) is 3. The fraction of sp³-hybridized carbons (Fsp3) is 0.400. The third kappa shape index (κ3) is 2.96. The van der Waals surface area contributed by atoms with Crippen LogP contribution in [0.5, 0.6) is 0 Å². The van der Waals surface area contributed by atoms with Crippen molar-refractivity contribution in [3.8, 4) is 0 Å². The maximum absolute atomic E-state index is 12.6. The molecule has 1 aliphatic heterocycles. The molecule has 1 atom stereocenters.